The Labute approximate surface area is 409 Å². The van der Waals surface area contributed by atoms with Crippen molar-refractivity contribution in [1.29, 1.82) is 0 Å². The average Bonchev–Trinajstić information content (AvgIpc) is 4.16. The molecule has 0 atom stereocenters. The third-order valence-corrected chi connectivity index (χ3v) is 15.3. The molecule has 0 unspecified atom stereocenters. The number of anilines is 3. The SMILES string of the molecule is CC1(C)c2ccccc2-c2c(N(c3ccc(-c4ccc5c(c4)c4nc6c7ccccc7c7ccccc7n6c4n5-c4ccccc4)cc3)c3ccc(-c4cccc5c4oc4ccccc45)cc3)cccc21. The van der Waals surface area contributed by atoms with Crippen LogP contribution >= 0.6 is 0 Å². The summed E-state index contributed by atoms with van der Waals surface area (Å²) in [5.74, 6) is 0. The Morgan fingerprint density at radius 2 is 1.07 bits per heavy atom. The molecule has 5 heteroatoms. The average molecular weight is 909 g/mol. The first kappa shape index (κ1) is 39.8. The van der Waals surface area contributed by atoms with Gasteiger partial charge in [-0.05, 0) is 105 Å². The Morgan fingerprint density at radius 3 is 1.89 bits per heavy atom. The van der Waals surface area contributed by atoms with E-state index in [0.29, 0.717) is 0 Å². The molecule has 5 nitrogen and oxygen atoms in total. The zero-order valence-electron chi connectivity index (χ0n) is 39.1. The molecule has 1 aliphatic carbocycles. The van der Waals surface area contributed by atoms with Crippen molar-refractivity contribution in [2.75, 3.05) is 4.90 Å². The van der Waals surface area contributed by atoms with E-state index in [1.807, 2.05) is 12.1 Å². The van der Waals surface area contributed by atoms with Crippen LogP contribution in [0.25, 0.3) is 110 Å². The lowest BCUT2D eigenvalue weighted by Gasteiger charge is -2.29. The molecule has 14 aromatic rings. The molecule has 0 saturated heterocycles. The van der Waals surface area contributed by atoms with Crippen LogP contribution in [0.3, 0.4) is 0 Å². The standard InChI is InChI=1S/C66H44N4O/c1-66(2)55-25-11-8-22-53(55)61-56(66)26-15-28-59(61)68(46-37-32-42(33-38-46)47-23-14-24-51-50-20-10-13-29-60(50)71-63(47)51)45-35-30-41(31-36-45)43-34-39-58-54(40-43)62-65(69(58)44-16-4-3-5-17-44)70-57-27-12-9-19-49(57)48-18-6-7-21-52(48)64(70)67-62/h3-40H,1-2H3. The van der Waals surface area contributed by atoms with E-state index in [1.54, 1.807) is 0 Å². The van der Waals surface area contributed by atoms with Crippen molar-refractivity contribution in [2.45, 2.75) is 19.3 Å². The van der Waals surface area contributed by atoms with Gasteiger partial charge in [-0.15, -0.1) is 0 Å². The minimum Gasteiger partial charge on any atom is -0.455 e. The highest BCUT2D eigenvalue weighted by atomic mass is 16.3. The number of fused-ring (bicyclic) bond motifs is 16. The maximum absolute atomic E-state index is 6.50. The molecular weight excluding hydrogens is 865 g/mol. The Kier molecular flexibility index (Phi) is 8.35. The van der Waals surface area contributed by atoms with Gasteiger partial charge in [0.25, 0.3) is 0 Å². The lowest BCUT2D eigenvalue weighted by Crippen LogP contribution is -2.16. The largest absolute Gasteiger partial charge is 0.455 e. The molecule has 4 aromatic heterocycles. The van der Waals surface area contributed by atoms with Crippen molar-refractivity contribution >= 4 is 88.4 Å². The van der Waals surface area contributed by atoms with Crippen LogP contribution < -0.4 is 4.90 Å². The molecule has 0 radical (unpaired) electrons. The number of aromatic nitrogens is 3. The molecule has 0 spiro atoms. The normalized spacial score (nSPS) is 13.0. The molecule has 334 valence electrons. The van der Waals surface area contributed by atoms with Gasteiger partial charge < -0.3 is 9.32 Å². The Hall–Kier alpha value is -9.19. The number of furan rings is 1. The van der Waals surface area contributed by atoms with Crippen LogP contribution in [0.2, 0.25) is 0 Å². The van der Waals surface area contributed by atoms with E-state index in [9.17, 15) is 0 Å². The molecule has 0 fully saturated rings. The predicted molar refractivity (Wildman–Crippen MR) is 295 cm³/mol. The van der Waals surface area contributed by atoms with Crippen LogP contribution in [0.15, 0.2) is 235 Å². The minimum absolute atomic E-state index is 0.142. The summed E-state index contributed by atoms with van der Waals surface area (Å²) in [5, 5.41) is 6.93. The molecule has 10 aromatic carbocycles. The number of hydrogen-bond donors (Lipinski definition) is 0. The zero-order chi connectivity index (χ0) is 47.0. The highest BCUT2D eigenvalue weighted by Gasteiger charge is 2.37. The lowest BCUT2D eigenvalue weighted by atomic mass is 9.82. The summed E-state index contributed by atoms with van der Waals surface area (Å²) in [6.45, 7) is 4.70. The van der Waals surface area contributed by atoms with Gasteiger partial charge in [-0.3, -0.25) is 8.97 Å². The highest BCUT2D eigenvalue weighted by Crippen LogP contribution is 2.54. The van der Waals surface area contributed by atoms with Crippen molar-refractivity contribution < 1.29 is 4.42 Å². The molecule has 0 bridgehead atoms. The number of imidazole rings is 1. The second kappa shape index (κ2) is 14.9. The first-order valence-corrected chi connectivity index (χ1v) is 24.5. The monoisotopic (exact) mass is 908 g/mol. The van der Waals surface area contributed by atoms with Gasteiger partial charge in [0.05, 0.1) is 16.7 Å². The van der Waals surface area contributed by atoms with Crippen molar-refractivity contribution in [1.82, 2.24) is 14.0 Å². The minimum atomic E-state index is -0.142. The summed E-state index contributed by atoms with van der Waals surface area (Å²) >= 11 is 0. The molecule has 1 aliphatic rings. The Bertz CT molecular complexity index is 4480. The summed E-state index contributed by atoms with van der Waals surface area (Å²) in [7, 11) is 0. The maximum Gasteiger partial charge on any atom is 0.151 e. The van der Waals surface area contributed by atoms with Crippen molar-refractivity contribution in [2.24, 2.45) is 0 Å². The van der Waals surface area contributed by atoms with Gasteiger partial charge in [-0.1, -0.05) is 178 Å². The third kappa shape index (κ3) is 5.72. The van der Waals surface area contributed by atoms with Crippen molar-refractivity contribution in [3.63, 3.8) is 0 Å². The summed E-state index contributed by atoms with van der Waals surface area (Å²) in [5.41, 5.74) is 21.0. The van der Waals surface area contributed by atoms with Crippen LogP contribution in [0.4, 0.5) is 17.1 Å². The predicted octanol–water partition coefficient (Wildman–Crippen LogP) is 17.7. The molecular formula is C66H44N4O. The third-order valence-electron chi connectivity index (χ3n) is 15.3. The van der Waals surface area contributed by atoms with Crippen molar-refractivity contribution in [3.8, 4) is 39.1 Å². The van der Waals surface area contributed by atoms with Crippen LogP contribution in [-0.2, 0) is 5.41 Å². The van der Waals surface area contributed by atoms with Gasteiger partial charge >= 0.3 is 0 Å². The zero-order valence-corrected chi connectivity index (χ0v) is 39.1. The number of hydrogen-bond acceptors (Lipinski definition) is 3. The van der Waals surface area contributed by atoms with Gasteiger partial charge in [0.2, 0.25) is 0 Å². The molecule has 0 N–H and O–H groups in total. The molecule has 0 amide bonds. The summed E-state index contributed by atoms with van der Waals surface area (Å²) in [4.78, 5) is 7.98. The number of para-hydroxylation sites is 4. The van der Waals surface area contributed by atoms with Gasteiger partial charge in [-0.2, -0.15) is 0 Å². The first-order valence-electron chi connectivity index (χ1n) is 24.5. The fourth-order valence-corrected chi connectivity index (χ4v) is 12.0. The van der Waals surface area contributed by atoms with E-state index in [4.69, 9.17) is 9.40 Å². The van der Waals surface area contributed by atoms with E-state index < -0.39 is 0 Å². The summed E-state index contributed by atoms with van der Waals surface area (Å²) in [6.07, 6.45) is 0. The molecule has 0 saturated carbocycles. The van der Waals surface area contributed by atoms with Gasteiger partial charge in [-0.25, -0.2) is 4.98 Å². The number of nitrogens with zero attached hydrogens (tertiary/aromatic N) is 4. The Balaban J connectivity index is 0.894. The van der Waals surface area contributed by atoms with Crippen LogP contribution in [-0.4, -0.2) is 14.0 Å². The van der Waals surface area contributed by atoms with Crippen LogP contribution in [0.5, 0.6) is 0 Å². The second-order valence-electron chi connectivity index (χ2n) is 19.5. The fourth-order valence-electron chi connectivity index (χ4n) is 12.0. The number of benzene rings is 10. The lowest BCUT2D eigenvalue weighted by molar-refractivity contribution is 0.660. The van der Waals surface area contributed by atoms with E-state index in [1.165, 1.54) is 33.0 Å². The fraction of sp³-hybridized carbons (Fsp3) is 0.0455. The Morgan fingerprint density at radius 1 is 0.451 bits per heavy atom. The van der Waals surface area contributed by atoms with Crippen LogP contribution in [0, 0.1) is 0 Å². The summed E-state index contributed by atoms with van der Waals surface area (Å²) < 4.78 is 11.3. The van der Waals surface area contributed by atoms with Crippen LogP contribution in [0.1, 0.15) is 25.0 Å². The molecule has 0 aliphatic heterocycles. The summed E-state index contributed by atoms with van der Waals surface area (Å²) in [6, 6.07) is 83.5. The van der Waals surface area contributed by atoms with Gasteiger partial charge in [0, 0.05) is 60.5 Å². The first-order chi connectivity index (χ1) is 35.0. The quantitative estimate of drug-likeness (QED) is 0.156. The molecule has 71 heavy (non-hydrogen) atoms. The van der Waals surface area contributed by atoms with E-state index >= 15 is 0 Å². The maximum atomic E-state index is 6.50. The highest BCUT2D eigenvalue weighted by molar-refractivity contribution is 6.17. The van der Waals surface area contributed by atoms with E-state index in [0.717, 1.165) is 106 Å². The molecule has 4 heterocycles. The van der Waals surface area contributed by atoms with E-state index in [2.05, 4.69) is 246 Å². The smallest absolute Gasteiger partial charge is 0.151 e. The second-order valence-corrected chi connectivity index (χ2v) is 19.5. The number of rotatable bonds is 6. The van der Waals surface area contributed by atoms with E-state index in [-0.39, 0.29) is 5.41 Å². The van der Waals surface area contributed by atoms with Gasteiger partial charge in [0.1, 0.15) is 22.3 Å². The topological polar surface area (TPSA) is 38.6 Å². The molecule has 15 rings (SSSR count). The van der Waals surface area contributed by atoms with Crippen molar-refractivity contribution in [3.05, 3.63) is 242 Å². The number of pyridine rings is 1. The van der Waals surface area contributed by atoms with Gasteiger partial charge in [0.15, 0.2) is 5.65 Å².